The van der Waals surface area contributed by atoms with Crippen molar-refractivity contribution in [1.29, 1.82) is 0 Å². The van der Waals surface area contributed by atoms with Gasteiger partial charge in [-0.05, 0) is 19.1 Å². The first kappa shape index (κ1) is 12.6. The van der Waals surface area contributed by atoms with Crippen LogP contribution in [-0.4, -0.2) is 23.1 Å². The summed E-state index contributed by atoms with van der Waals surface area (Å²) in [6, 6.07) is 8.12. The van der Waals surface area contributed by atoms with E-state index in [1.54, 1.807) is 5.38 Å². The summed E-state index contributed by atoms with van der Waals surface area (Å²) in [6.07, 6.45) is -0.0295. The van der Waals surface area contributed by atoms with Gasteiger partial charge in [0.25, 0.3) is 0 Å². The Morgan fingerprint density at radius 2 is 2.06 bits per heavy atom. The maximum absolute atomic E-state index is 10.6. The van der Waals surface area contributed by atoms with E-state index in [1.807, 2.05) is 43.1 Å². The van der Waals surface area contributed by atoms with Crippen LogP contribution >= 0.6 is 11.3 Å². The van der Waals surface area contributed by atoms with E-state index in [4.69, 9.17) is 5.11 Å². The van der Waals surface area contributed by atoms with Crippen LogP contribution in [0.15, 0.2) is 29.6 Å². The number of carboxylic acids is 1. The lowest BCUT2D eigenvalue weighted by molar-refractivity contribution is -0.136. The zero-order valence-corrected chi connectivity index (χ0v) is 11.1. The first-order chi connectivity index (χ1) is 8.56. The van der Waals surface area contributed by atoms with Crippen molar-refractivity contribution in [3.8, 4) is 0 Å². The Hall–Kier alpha value is -1.88. The Balaban J connectivity index is 2.18. The van der Waals surface area contributed by atoms with Gasteiger partial charge in [-0.3, -0.25) is 4.79 Å². The monoisotopic (exact) mass is 262 g/mol. The predicted molar refractivity (Wildman–Crippen MR) is 72.7 cm³/mol. The molecule has 1 aromatic heterocycles. The van der Waals surface area contributed by atoms with Crippen molar-refractivity contribution in [3.05, 3.63) is 40.9 Å². The summed E-state index contributed by atoms with van der Waals surface area (Å²) in [4.78, 5) is 16.9. The summed E-state index contributed by atoms with van der Waals surface area (Å²) in [5, 5.41) is 11.3. The number of rotatable bonds is 4. The molecule has 0 radical (unpaired) electrons. The molecule has 94 valence electrons. The van der Waals surface area contributed by atoms with E-state index in [1.165, 1.54) is 16.9 Å². The molecule has 2 aromatic rings. The molecule has 0 bridgehead atoms. The van der Waals surface area contributed by atoms with E-state index in [2.05, 4.69) is 4.98 Å². The van der Waals surface area contributed by atoms with Crippen molar-refractivity contribution < 1.29 is 9.90 Å². The highest BCUT2D eigenvalue weighted by molar-refractivity contribution is 7.13. The highest BCUT2D eigenvalue weighted by Gasteiger charge is 2.10. The molecule has 0 amide bonds. The first-order valence-electron chi connectivity index (χ1n) is 5.53. The van der Waals surface area contributed by atoms with Gasteiger partial charge in [0.1, 0.15) is 0 Å². The van der Waals surface area contributed by atoms with Gasteiger partial charge < -0.3 is 10.0 Å². The van der Waals surface area contributed by atoms with Crippen molar-refractivity contribution in [2.45, 2.75) is 13.3 Å². The summed E-state index contributed by atoms with van der Waals surface area (Å²) in [5.41, 5.74) is 2.84. The molecular weight excluding hydrogens is 248 g/mol. The van der Waals surface area contributed by atoms with Crippen molar-refractivity contribution in [1.82, 2.24) is 4.98 Å². The lowest BCUT2D eigenvalue weighted by Gasteiger charge is -2.15. The standard InChI is InChI=1S/C13H14N2O2S/c1-9-3-5-11(6-4-9)15(2)13-14-10(8-18-13)7-12(16)17/h3-6,8H,7H2,1-2H3,(H,16,17). The van der Waals surface area contributed by atoms with Crippen LogP contribution in [0.25, 0.3) is 0 Å². The summed E-state index contributed by atoms with van der Waals surface area (Å²) >= 11 is 1.45. The average Bonchev–Trinajstić information content (AvgIpc) is 2.76. The van der Waals surface area contributed by atoms with Gasteiger partial charge in [-0.25, -0.2) is 4.98 Å². The molecule has 0 aliphatic carbocycles. The summed E-state index contributed by atoms with van der Waals surface area (Å²) in [5.74, 6) is -0.857. The van der Waals surface area contributed by atoms with Crippen LogP contribution in [0.2, 0.25) is 0 Å². The Morgan fingerprint density at radius 1 is 1.39 bits per heavy atom. The van der Waals surface area contributed by atoms with Gasteiger partial charge in [0, 0.05) is 18.1 Å². The van der Waals surface area contributed by atoms with Crippen LogP contribution in [-0.2, 0) is 11.2 Å². The fourth-order valence-corrected chi connectivity index (χ4v) is 2.38. The molecule has 0 atom stereocenters. The van der Waals surface area contributed by atoms with Crippen LogP contribution in [0.4, 0.5) is 10.8 Å². The fraction of sp³-hybridized carbons (Fsp3) is 0.231. The third kappa shape index (κ3) is 2.87. The minimum Gasteiger partial charge on any atom is -0.481 e. The van der Waals surface area contributed by atoms with Gasteiger partial charge in [-0.15, -0.1) is 11.3 Å². The van der Waals surface area contributed by atoms with Gasteiger partial charge >= 0.3 is 5.97 Å². The van der Waals surface area contributed by atoms with Crippen LogP contribution < -0.4 is 4.90 Å². The number of anilines is 2. The SMILES string of the molecule is Cc1ccc(N(C)c2nc(CC(=O)O)cs2)cc1. The average molecular weight is 262 g/mol. The number of nitrogens with zero attached hydrogens (tertiary/aromatic N) is 2. The zero-order chi connectivity index (χ0) is 13.1. The van der Waals surface area contributed by atoms with Gasteiger partial charge in [-0.1, -0.05) is 17.7 Å². The number of hydrogen-bond donors (Lipinski definition) is 1. The van der Waals surface area contributed by atoms with Gasteiger partial charge in [-0.2, -0.15) is 0 Å². The minimum atomic E-state index is -0.857. The van der Waals surface area contributed by atoms with E-state index in [0.29, 0.717) is 5.69 Å². The highest BCUT2D eigenvalue weighted by Crippen LogP contribution is 2.27. The largest absolute Gasteiger partial charge is 0.481 e. The molecule has 0 spiro atoms. The Bertz CT molecular complexity index is 548. The quantitative estimate of drug-likeness (QED) is 0.920. The van der Waals surface area contributed by atoms with Crippen molar-refractivity contribution in [3.63, 3.8) is 0 Å². The number of aryl methyl sites for hydroxylation is 1. The molecule has 0 aliphatic heterocycles. The molecule has 0 fully saturated rings. The molecule has 0 saturated heterocycles. The molecule has 1 N–H and O–H groups in total. The Labute approximate surface area is 110 Å². The fourth-order valence-electron chi connectivity index (χ4n) is 1.57. The maximum Gasteiger partial charge on any atom is 0.309 e. The van der Waals surface area contributed by atoms with E-state index in [0.717, 1.165) is 10.8 Å². The van der Waals surface area contributed by atoms with Crippen molar-refractivity contribution in [2.75, 3.05) is 11.9 Å². The molecule has 2 rings (SSSR count). The van der Waals surface area contributed by atoms with Gasteiger partial charge in [0.05, 0.1) is 12.1 Å². The van der Waals surface area contributed by atoms with Crippen molar-refractivity contribution in [2.24, 2.45) is 0 Å². The third-order valence-electron chi connectivity index (χ3n) is 2.58. The second-order valence-corrected chi connectivity index (χ2v) is 4.92. The number of aliphatic carboxylic acids is 1. The topological polar surface area (TPSA) is 53.4 Å². The molecule has 18 heavy (non-hydrogen) atoms. The molecule has 5 heteroatoms. The van der Waals surface area contributed by atoms with Gasteiger partial charge in [0.2, 0.25) is 0 Å². The van der Waals surface area contributed by atoms with Crippen LogP contribution in [0, 0.1) is 6.92 Å². The number of thiazole rings is 1. The molecule has 4 nitrogen and oxygen atoms in total. The number of hydrogen-bond acceptors (Lipinski definition) is 4. The smallest absolute Gasteiger partial charge is 0.309 e. The minimum absolute atomic E-state index is 0.0295. The molecule has 1 heterocycles. The molecule has 0 aliphatic rings. The molecular formula is C13H14N2O2S. The summed E-state index contributed by atoms with van der Waals surface area (Å²) < 4.78 is 0. The summed E-state index contributed by atoms with van der Waals surface area (Å²) in [7, 11) is 1.92. The second kappa shape index (κ2) is 5.18. The molecule has 1 aromatic carbocycles. The van der Waals surface area contributed by atoms with E-state index in [-0.39, 0.29) is 6.42 Å². The Kier molecular flexibility index (Phi) is 3.62. The zero-order valence-electron chi connectivity index (χ0n) is 10.3. The van der Waals surface area contributed by atoms with Crippen molar-refractivity contribution >= 4 is 28.1 Å². The Morgan fingerprint density at radius 3 is 2.67 bits per heavy atom. The van der Waals surface area contributed by atoms with E-state index in [9.17, 15) is 4.79 Å². The maximum atomic E-state index is 10.6. The molecule has 0 unspecified atom stereocenters. The second-order valence-electron chi connectivity index (χ2n) is 4.09. The third-order valence-corrected chi connectivity index (χ3v) is 3.55. The normalized spacial score (nSPS) is 10.3. The van der Waals surface area contributed by atoms with E-state index >= 15 is 0 Å². The number of carbonyl (C=O) groups is 1. The number of carboxylic acid groups (broad SMARTS) is 1. The van der Waals surface area contributed by atoms with Gasteiger partial charge in [0.15, 0.2) is 5.13 Å². The highest BCUT2D eigenvalue weighted by atomic mass is 32.1. The van der Waals surface area contributed by atoms with Crippen LogP contribution in [0.3, 0.4) is 0 Å². The lowest BCUT2D eigenvalue weighted by atomic mass is 10.2. The van der Waals surface area contributed by atoms with Crippen LogP contribution in [0.5, 0.6) is 0 Å². The van der Waals surface area contributed by atoms with Crippen LogP contribution in [0.1, 0.15) is 11.3 Å². The first-order valence-corrected chi connectivity index (χ1v) is 6.41. The molecule has 0 saturated carbocycles. The number of aromatic nitrogens is 1. The lowest BCUT2D eigenvalue weighted by Crippen LogP contribution is -2.09. The number of benzene rings is 1. The predicted octanol–water partition coefficient (Wildman–Crippen LogP) is 2.85. The summed E-state index contributed by atoms with van der Waals surface area (Å²) in [6.45, 7) is 2.04. The van der Waals surface area contributed by atoms with E-state index < -0.39 is 5.97 Å².